The molecule has 2 N–H and O–H groups in total. The quantitative estimate of drug-likeness (QED) is 0.831. The van der Waals surface area contributed by atoms with Gasteiger partial charge in [-0.15, -0.1) is 11.8 Å². The van der Waals surface area contributed by atoms with Gasteiger partial charge in [0.05, 0.1) is 12.7 Å². The molecule has 0 bridgehead atoms. The van der Waals surface area contributed by atoms with E-state index >= 15 is 0 Å². The number of rotatable bonds is 4. The molecule has 0 spiro atoms. The Labute approximate surface area is 96.5 Å². The molecule has 78 valence electrons. The summed E-state index contributed by atoms with van der Waals surface area (Å²) >= 11 is 4.93. The second kappa shape index (κ2) is 5.75. The average molecular weight is 277 g/mol. The van der Waals surface area contributed by atoms with E-state index in [1.54, 1.807) is 18.7 Å². The maximum Gasteiger partial charge on any atom is 0.0772 e. The lowest BCUT2D eigenvalue weighted by molar-refractivity contribution is 0.196. The van der Waals surface area contributed by atoms with Crippen LogP contribution in [0, 0.1) is 0 Å². The first-order valence-corrected chi connectivity index (χ1v) is 6.14. The zero-order valence-electron chi connectivity index (χ0n) is 7.90. The number of hydrogen-bond acceptors (Lipinski definition) is 3. The highest BCUT2D eigenvalue weighted by Gasteiger charge is 2.08. The van der Waals surface area contributed by atoms with E-state index < -0.39 is 6.10 Å². The van der Waals surface area contributed by atoms with Crippen LogP contribution >= 0.6 is 27.7 Å². The van der Waals surface area contributed by atoms with Gasteiger partial charge in [-0.25, -0.2) is 0 Å². The topological polar surface area (TPSA) is 40.5 Å². The van der Waals surface area contributed by atoms with Crippen LogP contribution in [0.5, 0.6) is 0 Å². The Hall–Kier alpha value is -0.0300. The van der Waals surface area contributed by atoms with E-state index in [2.05, 4.69) is 15.9 Å². The van der Waals surface area contributed by atoms with Crippen LogP contribution in [-0.2, 0) is 0 Å². The van der Waals surface area contributed by atoms with Gasteiger partial charge in [0.25, 0.3) is 0 Å². The summed E-state index contributed by atoms with van der Waals surface area (Å²) in [6, 6.07) is 5.77. The summed E-state index contributed by atoms with van der Waals surface area (Å²) in [4.78, 5) is 1.02. The Balaban J connectivity index is 2.91. The Kier molecular flexibility index (Phi) is 4.95. The molecule has 0 radical (unpaired) electrons. The summed E-state index contributed by atoms with van der Waals surface area (Å²) in [5.41, 5.74) is 0.909. The predicted molar refractivity (Wildman–Crippen MR) is 62.6 cm³/mol. The van der Waals surface area contributed by atoms with Crippen LogP contribution in [0.4, 0.5) is 0 Å². The fourth-order valence-corrected chi connectivity index (χ4v) is 2.57. The van der Waals surface area contributed by atoms with Crippen molar-refractivity contribution in [3.8, 4) is 0 Å². The van der Waals surface area contributed by atoms with Crippen molar-refractivity contribution in [3.05, 3.63) is 28.2 Å². The van der Waals surface area contributed by atoms with Gasteiger partial charge in [-0.05, 0) is 24.6 Å². The van der Waals surface area contributed by atoms with E-state index in [4.69, 9.17) is 5.11 Å². The van der Waals surface area contributed by atoms with Crippen LogP contribution in [0.15, 0.2) is 27.6 Å². The fraction of sp³-hybridized carbons (Fsp3) is 0.400. The SMILES string of the molecule is CC(O)c1ccc(Br)cc1SCCO. The minimum absolute atomic E-state index is 0.149. The molecule has 1 rings (SSSR count). The number of thioether (sulfide) groups is 1. The zero-order chi connectivity index (χ0) is 10.6. The second-order valence-electron chi connectivity index (χ2n) is 2.93. The third-order valence-electron chi connectivity index (χ3n) is 1.77. The lowest BCUT2D eigenvalue weighted by atomic mass is 10.1. The van der Waals surface area contributed by atoms with Crippen molar-refractivity contribution in [2.24, 2.45) is 0 Å². The van der Waals surface area contributed by atoms with E-state index in [-0.39, 0.29) is 6.61 Å². The molecule has 0 amide bonds. The second-order valence-corrected chi connectivity index (χ2v) is 4.98. The number of benzene rings is 1. The maximum absolute atomic E-state index is 9.50. The molecule has 14 heavy (non-hydrogen) atoms. The Morgan fingerprint density at radius 3 is 2.79 bits per heavy atom. The standard InChI is InChI=1S/C10H13BrO2S/c1-7(13)9-3-2-8(11)6-10(9)14-5-4-12/h2-3,6-7,12-13H,4-5H2,1H3. The van der Waals surface area contributed by atoms with Gasteiger partial charge in [0.1, 0.15) is 0 Å². The monoisotopic (exact) mass is 276 g/mol. The van der Waals surface area contributed by atoms with Crippen LogP contribution in [0.1, 0.15) is 18.6 Å². The molecule has 0 aromatic heterocycles. The number of hydrogen-bond donors (Lipinski definition) is 2. The zero-order valence-corrected chi connectivity index (χ0v) is 10.3. The van der Waals surface area contributed by atoms with Crippen molar-refractivity contribution in [2.75, 3.05) is 12.4 Å². The molecule has 0 heterocycles. The first-order chi connectivity index (χ1) is 6.65. The molecular formula is C10H13BrO2S. The highest BCUT2D eigenvalue weighted by atomic mass is 79.9. The molecule has 0 fully saturated rings. The minimum Gasteiger partial charge on any atom is -0.396 e. The molecule has 1 aromatic rings. The van der Waals surface area contributed by atoms with Crippen molar-refractivity contribution in [3.63, 3.8) is 0 Å². The molecule has 1 unspecified atom stereocenters. The summed E-state index contributed by atoms with van der Waals surface area (Å²) in [5.74, 6) is 0.649. The average Bonchev–Trinajstić information content (AvgIpc) is 2.14. The van der Waals surface area contributed by atoms with Crippen molar-refractivity contribution < 1.29 is 10.2 Å². The molecule has 0 saturated heterocycles. The molecule has 0 aliphatic carbocycles. The van der Waals surface area contributed by atoms with E-state index in [1.807, 2.05) is 18.2 Å². The van der Waals surface area contributed by atoms with E-state index in [9.17, 15) is 5.11 Å². The van der Waals surface area contributed by atoms with Crippen LogP contribution in [0.25, 0.3) is 0 Å². The van der Waals surface area contributed by atoms with Gasteiger partial charge in [0, 0.05) is 15.1 Å². The van der Waals surface area contributed by atoms with Crippen LogP contribution < -0.4 is 0 Å². The number of aliphatic hydroxyl groups excluding tert-OH is 2. The summed E-state index contributed by atoms with van der Waals surface area (Å²) in [6.07, 6.45) is -0.468. The van der Waals surface area contributed by atoms with Crippen LogP contribution in [0.2, 0.25) is 0 Å². The highest BCUT2D eigenvalue weighted by molar-refractivity contribution is 9.10. The molecule has 4 heteroatoms. The first-order valence-electron chi connectivity index (χ1n) is 4.36. The third-order valence-corrected chi connectivity index (χ3v) is 3.32. The van der Waals surface area contributed by atoms with Crippen molar-refractivity contribution >= 4 is 27.7 Å². The molecule has 2 nitrogen and oxygen atoms in total. The number of aliphatic hydroxyl groups is 2. The summed E-state index contributed by atoms with van der Waals surface area (Å²) in [6.45, 7) is 1.89. The van der Waals surface area contributed by atoms with E-state index in [1.165, 1.54) is 0 Å². The van der Waals surface area contributed by atoms with Gasteiger partial charge in [-0.2, -0.15) is 0 Å². The highest BCUT2D eigenvalue weighted by Crippen LogP contribution is 2.30. The van der Waals surface area contributed by atoms with Gasteiger partial charge >= 0.3 is 0 Å². The fourth-order valence-electron chi connectivity index (χ4n) is 1.13. The molecule has 0 aliphatic heterocycles. The summed E-state index contributed by atoms with van der Waals surface area (Å²) < 4.78 is 0.988. The first kappa shape index (κ1) is 12.0. The third kappa shape index (κ3) is 3.28. The smallest absolute Gasteiger partial charge is 0.0772 e. The van der Waals surface area contributed by atoms with Gasteiger partial charge in [-0.1, -0.05) is 22.0 Å². The molecule has 1 aromatic carbocycles. The van der Waals surface area contributed by atoms with Gasteiger partial charge in [-0.3, -0.25) is 0 Å². The molecule has 1 atom stereocenters. The largest absolute Gasteiger partial charge is 0.396 e. The number of halogens is 1. The lowest BCUT2D eigenvalue weighted by Crippen LogP contribution is -1.95. The molecule has 0 saturated carbocycles. The summed E-state index contributed by atoms with van der Waals surface area (Å²) in [7, 11) is 0. The molecular weight excluding hydrogens is 264 g/mol. The van der Waals surface area contributed by atoms with Gasteiger partial charge in [0.2, 0.25) is 0 Å². The Morgan fingerprint density at radius 1 is 1.50 bits per heavy atom. The van der Waals surface area contributed by atoms with Gasteiger partial charge < -0.3 is 10.2 Å². The Morgan fingerprint density at radius 2 is 2.21 bits per heavy atom. The lowest BCUT2D eigenvalue weighted by Gasteiger charge is -2.11. The summed E-state index contributed by atoms with van der Waals surface area (Å²) in [5, 5.41) is 18.2. The van der Waals surface area contributed by atoms with E-state index in [0.717, 1.165) is 14.9 Å². The predicted octanol–water partition coefficient (Wildman–Crippen LogP) is 2.59. The van der Waals surface area contributed by atoms with Crippen molar-refractivity contribution in [1.29, 1.82) is 0 Å². The van der Waals surface area contributed by atoms with Crippen LogP contribution in [-0.4, -0.2) is 22.6 Å². The van der Waals surface area contributed by atoms with Crippen LogP contribution in [0.3, 0.4) is 0 Å². The normalized spacial score (nSPS) is 12.9. The van der Waals surface area contributed by atoms with Crippen molar-refractivity contribution in [1.82, 2.24) is 0 Å². The minimum atomic E-state index is -0.468. The molecule has 0 aliphatic rings. The van der Waals surface area contributed by atoms with E-state index in [0.29, 0.717) is 5.75 Å². The maximum atomic E-state index is 9.50. The van der Waals surface area contributed by atoms with Crippen molar-refractivity contribution in [2.45, 2.75) is 17.9 Å². The van der Waals surface area contributed by atoms with Gasteiger partial charge in [0.15, 0.2) is 0 Å². The Bertz CT molecular complexity index is 302.